The Morgan fingerprint density at radius 1 is 1.20 bits per heavy atom. The van der Waals surface area contributed by atoms with Gasteiger partial charge in [-0.25, -0.2) is 18.7 Å². The van der Waals surface area contributed by atoms with Crippen LogP contribution in [0.4, 0.5) is 14.6 Å². The number of nitrogen functional groups attached to an aromatic ring is 1. The van der Waals surface area contributed by atoms with Crippen LogP contribution >= 0.6 is 0 Å². The summed E-state index contributed by atoms with van der Waals surface area (Å²) in [5, 5.41) is 11.2. The highest BCUT2D eigenvalue weighted by Crippen LogP contribution is 2.37. The molecule has 1 saturated heterocycles. The van der Waals surface area contributed by atoms with E-state index >= 15 is 0 Å². The lowest BCUT2D eigenvalue weighted by Gasteiger charge is -2.20. The fourth-order valence-electron chi connectivity index (χ4n) is 3.22. The molecule has 1 aromatic carbocycles. The van der Waals surface area contributed by atoms with Gasteiger partial charge in [-0.3, -0.25) is 0 Å². The van der Waals surface area contributed by atoms with Gasteiger partial charge in [0.05, 0.1) is 11.5 Å². The average molecular weight is 346 g/mol. The second kappa shape index (κ2) is 6.05. The van der Waals surface area contributed by atoms with Gasteiger partial charge in [-0.15, -0.1) is 0 Å². The Morgan fingerprint density at radius 2 is 2.04 bits per heavy atom. The number of nitrogens with two attached hydrogens (primary N) is 1. The SMILES string of the molecule is Nc1ncnc2c1ccn2C1CCC(C(O)c2ccc(F)c(F)c2)O1. The predicted molar refractivity (Wildman–Crippen MR) is 86.4 cm³/mol. The van der Waals surface area contributed by atoms with E-state index in [1.165, 1.54) is 12.4 Å². The lowest BCUT2D eigenvalue weighted by Crippen LogP contribution is -2.19. The molecule has 3 atom stereocenters. The molecule has 8 heteroatoms. The first-order chi connectivity index (χ1) is 12.0. The summed E-state index contributed by atoms with van der Waals surface area (Å²) in [6.45, 7) is 0. The Kier molecular flexibility index (Phi) is 3.85. The first-order valence-electron chi connectivity index (χ1n) is 7.90. The van der Waals surface area contributed by atoms with Gasteiger partial charge in [0.25, 0.3) is 0 Å². The fourth-order valence-corrected chi connectivity index (χ4v) is 3.22. The smallest absolute Gasteiger partial charge is 0.159 e. The molecule has 3 unspecified atom stereocenters. The van der Waals surface area contributed by atoms with E-state index in [1.807, 2.05) is 16.8 Å². The van der Waals surface area contributed by atoms with Crippen LogP contribution in [-0.2, 0) is 4.74 Å². The summed E-state index contributed by atoms with van der Waals surface area (Å²) in [4.78, 5) is 8.19. The van der Waals surface area contributed by atoms with Crippen molar-refractivity contribution in [2.45, 2.75) is 31.3 Å². The van der Waals surface area contributed by atoms with Crippen molar-refractivity contribution >= 4 is 16.9 Å². The second-order valence-electron chi connectivity index (χ2n) is 6.04. The molecule has 0 radical (unpaired) electrons. The van der Waals surface area contributed by atoms with E-state index in [9.17, 15) is 13.9 Å². The number of aliphatic hydroxyl groups is 1. The number of aromatic nitrogens is 3. The largest absolute Gasteiger partial charge is 0.386 e. The normalized spacial score (nSPS) is 21.7. The van der Waals surface area contributed by atoms with E-state index in [4.69, 9.17) is 10.5 Å². The molecule has 3 heterocycles. The molecule has 3 aromatic rings. The maximum Gasteiger partial charge on any atom is 0.159 e. The number of hydrogen-bond acceptors (Lipinski definition) is 5. The van der Waals surface area contributed by atoms with E-state index in [0.29, 0.717) is 24.3 Å². The fraction of sp³-hybridized carbons (Fsp3) is 0.294. The highest BCUT2D eigenvalue weighted by Gasteiger charge is 2.33. The third kappa shape index (κ3) is 2.73. The number of ether oxygens (including phenoxy) is 1. The van der Waals surface area contributed by atoms with Crippen LogP contribution in [0.5, 0.6) is 0 Å². The van der Waals surface area contributed by atoms with Crippen LogP contribution in [0.25, 0.3) is 11.0 Å². The maximum absolute atomic E-state index is 13.4. The van der Waals surface area contributed by atoms with Crippen molar-refractivity contribution in [3.8, 4) is 0 Å². The topological polar surface area (TPSA) is 86.2 Å². The zero-order chi connectivity index (χ0) is 17.6. The summed E-state index contributed by atoms with van der Waals surface area (Å²) in [5.41, 5.74) is 6.77. The van der Waals surface area contributed by atoms with E-state index < -0.39 is 23.8 Å². The van der Waals surface area contributed by atoms with Gasteiger partial charge < -0.3 is 20.1 Å². The van der Waals surface area contributed by atoms with Crippen molar-refractivity contribution in [1.29, 1.82) is 0 Å². The molecule has 4 rings (SSSR count). The zero-order valence-electron chi connectivity index (χ0n) is 13.1. The van der Waals surface area contributed by atoms with Crippen molar-refractivity contribution in [1.82, 2.24) is 14.5 Å². The second-order valence-corrected chi connectivity index (χ2v) is 6.04. The van der Waals surface area contributed by atoms with Crippen LogP contribution in [0.15, 0.2) is 36.8 Å². The molecule has 1 fully saturated rings. The molecule has 0 bridgehead atoms. The van der Waals surface area contributed by atoms with E-state index in [0.717, 1.165) is 17.5 Å². The van der Waals surface area contributed by atoms with E-state index in [1.54, 1.807) is 0 Å². The van der Waals surface area contributed by atoms with Crippen molar-refractivity contribution < 1.29 is 18.6 Å². The van der Waals surface area contributed by atoms with Crippen LogP contribution in [0.2, 0.25) is 0 Å². The number of benzene rings is 1. The van der Waals surface area contributed by atoms with Crippen LogP contribution < -0.4 is 5.73 Å². The lowest BCUT2D eigenvalue weighted by atomic mass is 10.0. The molecular formula is C17H16F2N4O2. The van der Waals surface area contributed by atoms with Crippen molar-refractivity contribution in [2.75, 3.05) is 5.73 Å². The number of hydrogen-bond donors (Lipinski definition) is 2. The number of aliphatic hydroxyl groups excluding tert-OH is 1. The number of nitrogens with zero attached hydrogens (tertiary/aromatic N) is 3. The van der Waals surface area contributed by atoms with E-state index in [-0.39, 0.29) is 11.8 Å². The third-order valence-corrected chi connectivity index (χ3v) is 4.52. The molecule has 1 aliphatic rings. The lowest BCUT2D eigenvalue weighted by molar-refractivity contribution is -0.0591. The Bertz CT molecular complexity index is 930. The molecule has 6 nitrogen and oxygen atoms in total. The summed E-state index contributed by atoms with van der Waals surface area (Å²) in [6.07, 6.45) is 2.54. The number of rotatable bonds is 3. The Morgan fingerprint density at radius 3 is 2.84 bits per heavy atom. The summed E-state index contributed by atoms with van der Waals surface area (Å²) in [6, 6.07) is 5.17. The summed E-state index contributed by atoms with van der Waals surface area (Å²) in [7, 11) is 0. The summed E-state index contributed by atoms with van der Waals surface area (Å²) in [5.74, 6) is -1.55. The molecule has 0 saturated carbocycles. The minimum atomic E-state index is -1.04. The molecule has 2 aromatic heterocycles. The van der Waals surface area contributed by atoms with Gasteiger partial charge >= 0.3 is 0 Å². The monoisotopic (exact) mass is 346 g/mol. The van der Waals surface area contributed by atoms with Crippen LogP contribution in [0.1, 0.15) is 30.7 Å². The van der Waals surface area contributed by atoms with Crippen molar-refractivity contribution in [2.24, 2.45) is 0 Å². The quantitative estimate of drug-likeness (QED) is 0.761. The van der Waals surface area contributed by atoms with E-state index in [2.05, 4.69) is 9.97 Å². The standard InChI is InChI=1S/C17H16F2N4O2/c18-11-2-1-9(7-12(11)19)15(24)13-3-4-14(25-13)23-6-5-10-16(20)21-8-22-17(10)23/h1-2,5-8,13-15,24H,3-4H2,(H2,20,21,22). The first-order valence-corrected chi connectivity index (χ1v) is 7.90. The summed E-state index contributed by atoms with van der Waals surface area (Å²) < 4.78 is 34.2. The number of halogens is 2. The third-order valence-electron chi connectivity index (χ3n) is 4.52. The number of anilines is 1. The predicted octanol–water partition coefficient (Wildman–Crippen LogP) is 2.70. The average Bonchev–Trinajstić information content (AvgIpc) is 3.24. The molecule has 130 valence electrons. The van der Waals surface area contributed by atoms with Crippen molar-refractivity contribution in [3.05, 3.63) is 54.0 Å². The highest BCUT2D eigenvalue weighted by molar-refractivity contribution is 5.86. The molecule has 1 aliphatic heterocycles. The molecule has 25 heavy (non-hydrogen) atoms. The molecular weight excluding hydrogens is 330 g/mol. The zero-order valence-corrected chi connectivity index (χ0v) is 13.1. The first kappa shape index (κ1) is 15.9. The molecule has 3 N–H and O–H groups in total. The van der Waals surface area contributed by atoms with Crippen LogP contribution in [0, 0.1) is 11.6 Å². The maximum atomic E-state index is 13.4. The van der Waals surface area contributed by atoms with Crippen LogP contribution in [-0.4, -0.2) is 25.7 Å². The highest BCUT2D eigenvalue weighted by atomic mass is 19.2. The summed E-state index contributed by atoms with van der Waals surface area (Å²) >= 11 is 0. The van der Waals surface area contributed by atoms with Gasteiger partial charge in [-0.05, 0) is 36.6 Å². The number of fused-ring (bicyclic) bond motifs is 1. The van der Waals surface area contributed by atoms with Gasteiger partial charge in [0, 0.05) is 6.20 Å². The van der Waals surface area contributed by atoms with Gasteiger partial charge in [0.15, 0.2) is 11.6 Å². The molecule has 0 aliphatic carbocycles. The van der Waals surface area contributed by atoms with Gasteiger partial charge in [-0.2, -0.15) is 0 Å². The van der Waals surface area contributed by atoms with Crippen LogP contribution in [0.3, 0.4) is 0 Å². The molecule has 0 spiro atoms. The van der Waals surface area contributed by atoms with Crippen molar-refractivity contribution in [3.63, 3.8) is 0 Å². The van der Waals surface area contributed by atoms with Gasteiger partial charge in [0.1, 0.15) is 30.1 Å². The van der Waals surface area contributed by atoms with Gasteiger partial charge in [0.2, 0.25) is 0 Å². The Balaban J connectivity index is 1.56. The van der Waals surface area contributed by atoms with Gasteiger partial charge in [-0.1, -0.05) is 6.07 Å². The minimum Gasteiger partial charge on any atom is -0.386 e. The minimum absolute atomic E-state index is 0.286. The molecule has 0 amide bonds. The Labute approximate surface area is 141 Å². The Hall–Kier alpha value is -2.58.